The van der Waals surface area contributed by atoms with Crippen LogP contribution in [0.25, 0.3) is 0 Å². The second-order valence-corrected chi connectivity index (χ2v) is 5.50. The highest BCUT2D eigenvalue weighted by Crippen LogP contribution is 2.13. The number of hydrogen-bond acceptors (Lipinski definition) is 3. The van der Waals surface area contributed by atoms with Crippen molar-refractivity contribution >= 4 is 24.0 Å². The van der Waals surface area contributed by atoms with E-state index in [-0.39, 0.29) is 0 Å². The minimum absolute atomic E-state index is 0.682. The summed E-state index contributed by atoms with van der Waals surface area (Å²) in [4.78, 5) is 6.04. The second kappa shape index (κ2) is 6.66. The summed E-state index contributed by atoms with van der Waals surface area (Å²) in [6.45, 7) is 2.79. The normalized spacial score (nSPS) is 10.5. The van der Waals surface area contributed by atoms with Crippen molar-refractivity contribution in [3.8, 4) is 5.75 Å². The molecule has 0 aliphatic carbocycles. The number of rotatable bonds is 6. The summed E-state index contributed by atoms with van der Waals surface area (Å²) in [5, 5.41) is 0. The van der Waals surface area contributed by atoms with E-state index in [0.29, 0.717) is 4.77 Å². The number of thioether (sulfide) groups is 1. The predicted molar refractivity (Wildman–Crippen MR) is 78.8 cm³/mol. The Kier molecular flexibility index (Phi) is 4.90. The van der Waals surface area contributed by atoms with E-state index >= 15 is 0 Å². The third-order valence-electron chi connectivity index (χ3n) is 2.43. The Labute approximate surface area is 116 Å². The molecule has 1 heterocycles. The van der Waals surface area contributed by atoms with Crippen molar-refractivity contribution in [3.63, 3.8) is 0 Å². The molecule has 3 nitrogen and oxygen atoms in total. The maximum Gasteiger partial charge on any atom is 0.174 e. The van der Waals surface area contributed by atoms with Crippen molar-refractivity contribution in [2.75, 3.05) is 12.4 Å². The molecule has 2 rings (SSSR count). The van der Waals surface area contributed by atoms with Gasteiger partial charge in [-0.1, -0.05) is 17.7 Å². The van der Waals surface area contributed by atoms with Crippen molar-refractivity contribution in [2.24, 2.45) is 0 Å². The van der Waals surface area contributed by atoms with Crippen LogP contribution in [0.15, 0.2) is 30.5 Å². The topological polar surface area (TPSA) is 40.8 Å². The van der Waals surface area contributed by atoms with Gasteiger partial charge in [0, 0.05) is 23.4 Å². The first-order chi connectivity index (χ1) is 8.74. The number of H-pyrrole nitrogens is 2. The van der Waals surface area contributed by atoms with Gasteiger partial charge >= 0.3 is 0 Å². The van der Waals surface area contributed by atoms with E-state index in [4.69, 9.17) is 17.0 Å². The standard InChI is InChI=1S/C13H16N2OS2/c1-10-2-4-12(5-3-10)16-6-7-18-9-11-8-14-13(17)15-11/h2-5,8H,6-7,9H2,1H3,(H2,14,15,17). The van der Waals surface area contributed by atoms with Crippen LogP contribution >= 0.6 is 24.0 Å². The minimum Gasteiger partial charge on any atom is -0.493 e. The summed E-state index contributed by atoms with van der Waals surface area (Å²) in [6, 6.07) is 8.12. The molecule has 0 amide bonds. The van der Waals surface area contributed by atoms with Gasteiger partial charge in [-0.25, -0.2) is 0 Å². The first-order valence-corrected chi connectivity index (χ1v) is 7.34. The lowest BCUT2D eigenvalue weighted by molar-refractivity contribution is 0.344. The molecule has 0 fully saturated rings. The van der Waals surface area contributed by atoms with E-state index in [1.165, 1.54) is 5.56 Å². The Morgan fingerprint density at radius 3 is 2.72 bits per heavy atom. The van der Waals surface area contributed by atoms with Crippen molar-refractivity contribution in [1.29, 1.82) is 0 Å². The summed E-state index contributed by atoms with van der Waals surface area (Å²) in [5.41, 5.74) is 2.37. The van der Waals surface area contributed by atoms with Crippen LogP contribution in [0.1, 0.15) is 11.3 Å². The van der Waals surface area contributed by atoms with Crippen LogP contribution in [-0.4, -0.2) is 22.3 Å². The molecule has 0 aliphatic heterocycles. The zero-order valence-electron chi connectivity index (χ0n) is 10.2. The lowest BCUT2D eigenvalue weighted by atomic mass is 10.2. The summed E-state index contributed by atoms with van der Waals surface area (Å²) >= 11 is 6.78. The molecular weight excluding hydrogens is 264 g/mol. The van der Waals surface area contributed by atoms with Crippen LogP contribution in [0, 0.1) is 11.7 Å². The molecule has 0 unspecified atom stereocenters. The van der Waals surface area contributed by atoms with E-state index < -0.39 is 0 Å². The van der Waals surface area contributed by atoms with Gasteiger partial charge in [0.05, 0.1) is 6.61 Å². The molecule has 0 bridgehead atoms. The Morgan fingerprint density at radius 2 is 2.06 bits per heavy atom. The van der Waals surface area contributed by atoms with Crippen molar-refractivity contribution in [1.82, 2.24) is 9.97 Å². The Bertz CT molecular complexity index is 530. The van der Waals surface area contributed by atoms with E-state index in [0.717, 1.165) is 29.6 Å². The lowest BCUT2D eigenvalue weighted by Crippen LogP contribution is -2.00. The van der Waals surface area contributed by atoms with Crippen molar-refractivity contribution in [3.05, 3.63) is 46.5 Å². The van der Waals surface area contributed by atoms with Gasteiger partial charge in [0.1, 0.15) is 5.75 Å². The molecule has 5 heteroatoms. The molecule has 1 aromatic carbocycles. The van der Waals surface area contributed by atoms with E-state index in [1.54, 1.807) is 0 Å². The van der Waals surface area contributed by atoms with Crippen LogP contribution in [0.3, 0.4) is 0 Å². The molecule has 2 aromatic rings. The molecule has 0 spiro atoms. The summed E-state index contributed by atoms with van der Waals surface area (Å²) in [5.74, 6) is 2.81. The molecule has 0 saturated heterocycles. The number of nitrogens with one attached hydrogen (secondary N) is 2. The Hall–Kier alpha value is -1.20. The van der Waals surface area contributed by atoms with Gasteiger partial charge in [0.15, 0.2) is 4.77 Å². The fraction of sp³-hybridized carbons (Fsp3) is 0.308. The molecule has 18 heavy (non-hydrogen) atoms. The fourth-order valence-electron chi connectivity index (χ4n) is 1.48. The second-order valence-electron chi connectivity index (χ2n) is 3.98. The predicted octanol–water partition coefficient (Wildman–Crippen LogP) is 3.69. The summed E-state index contributed by atoms with van der Waals surface area (Å²) < 4.78 is 6.33. The number of aryl methyl sites for hydroxylation is 1. The van der Waals surface area contributed by atoms with Gasteiger partial charge in [0.2, 0.25) is 0 Å². The quantitative estimate of drug-likeness (QED) is 0.626. The first-order valence-electron chi connectivity index (χ1n) is 5.78. The SMILES string of the molecule is Cc1ccc(OCCSCc2c[nH]c(=S)[nH]2)cc1. The maximum absolute atomic E-state index is 5.64. The van der Waals surface area contributed by atoms with Gasteiger partial charge in [-0.05, 0) is 31.3 Å². The third kappa shape index (κ3) is 4.23. The van der Waals surface area contributed by atoms with Crippen LogP contribution in [-0.2, 0) is 5.75 Å². The molecule has 96 valence electrons. The third-order valence-corrected chi connectivity index (χ3v) is 3.62. The number of ether oxygens (including phenoxy) is 1. The van der Waals surface area contributed by atoms with E-state index in [1.807, 2.05) is 30.1 Å². The lowest BCUT2D eigenvalue weighted by Gasteiger charge is -2.05. The number of imidazole rings is 1. The molecular formula is C13H16N2OS2. The smallest absolute Gasteiger partial charge is 0.174 e. The highest BCUT2D eigenvalue weighted by molar-refractivity contribution is 7.98. The van der Waals surface area contributed by atoms with E-state index in [9.17, 15) is 0 Å². The van der Waals surface area contributed by atoms with Gasteiger partial charge in [0.25, 0.3) is 0 Å². The van der Waals surface area contributed by atoms with E-state index in [2.05, 4.69) is 29.0 Å². The largest absolute Gasteiger partial charge is 0.493 e. The average molecular weight is 280 g/mol. The molecule has 2 N–H and O–H groups in total. The van der Waals surface area contributed by atoms with Gasteiger partial charge < -0.3 is 14.7 Å². The maximum atomic E-state index is 5.64. The van der Waals surface area contributed by atoms with Crippen molar-refractivity contribution in [2.45, 2.75) is 12.7 Å². The Morgan fingerprint density at radius 1 is 1.28 bits per heavy atom. The Balaban J connectivity index is 1.64. The average Bonchev–Trinajstić information content (AvgIpc) is 2.77. The van der Waals surface area contributed by atoms with Crippen LogP contribution < -0.4 is 4.74 Å². The molecule has 0 atom stereocenters. The summed E-state index contributed by atoms with van der Waals surface area (Å²) in [7, 11) is 0. The zero-order chi connectivity index (χ0) is 12.8. The molecule has 0 aliphatic rings. The summed E-state index contributed by atoms with van der Waals surface area (Å²) in [6.07, 6.45) is 1.91. The van der Waals surface area contributed by atoms with Crippen LogP contribution in [0.5, 0.6) is 5.75 Å². The molecule has 0 radical (unpaired) electrons. The van der Waals surface area contributed by atoms with Crippen LogP contribution in [0.2, 0.25) is 0 Å². The minimum atomic E-state index is 0.682. The van der Waals surface area contributed by atoms with Gasteiger partial charge in [-0.15, -0.1) is 0 Å². The van der Waals surface area contributed by atoms with Crippen LogP contribution in [0.4, 0.5) is 0 Å². The monoisotopic (exact) mass is 280 g/mol. The van der Waals surface area contributed by atoms with Crippen molar-refractivity contribution < 1.29 is 4.74 Å². The molecule has 1 aromatic heterocycles. The fourth-order valence-corrected chi connectivity index (χ4v) is 2.39. The number of benzene rings is 1. The van der Waals surface area contributed by atoms with Gasteiger partial charge in [-0.3, -0.25) is 0 Å². The zero-order valence-corrected chi connectivity index (χ0v) is 11.9. The number of aromatic amines is 2. The number of aromatic nitrogens is 2. The highest BCUT2D eigenvalue weighted by Gasteiger charge is 1.96. The molecule has 0 saturated carbocycles. The first kappa shape index (κ1) is 13.2. The number of hydrogen-bond donors (Lipinski definition) is 2. The highest BCUT2D eigenvalue weighted by atomic mass is 32.2. The van der Waals surface area contributed by atoms with Gasteiger partial charge in [-0.2, -0.15) is 11.8 Å².